The molecule has 2 atom stereocenters. The minimum atomic E-state index is -0.837. The van der Waals surface area contributed by atoms with Crippen LogP contribution in [-0.4, -0.2) is 73.3 Å². The quantitative estimate of drug-likeness (QED) is 0.418. The summed E-state index contributed by atoms with van der Waals surface area (Å²) in [4.78, 5) is 59.5. The van der Waals surface area contributed by atoms with Gasteiger partial charge < -0.3 is 20.9 Å². The standard InChI is InChI=1S/C29H38N8O4S/c1-19(2)26-27-32-20(3)35-37(27)18-25(39)30-13-8-16-36(29(41)23-12-14-31-42-23)15-7-11-24(38)33-22(28(40)34-26)17-21-9-5-4-6-10-21/h4-6,9-10,12,14,19,22,26H,7-8,11,13,15-18H2,1-3H3,(H,30,39)(H,33,38)(H,34,40)/t22-,26+/m1/s1. The van der Waals surface area contributed by atoms with E-state index in [0.717, 1.165) is 17.1 Å². The number of aromatic nitrogens is 4. The van der Waals surface area contributed by atoms with Crippen LogP contribution in [0.15, 0.2) is 42.6 Å². The molecule has 0 radical (unpaired) electrons. The second-order valence-electron chi connectivity index (χ2n) is 10.7. The van der Waals surface area contributed by atoms with E-state index in [1.807, 2.05) is 44.2 Å². The second-order valence-corrected chi connectivity index (χ2v) is 11.5. The number of rotatable bonds is 4. The lowest BCUT2D eigenvalue weighted by Gasteiger charge is -2.26. The molecule has 0 bridgehead atoms. The molecule has 1 aliphatic rings. The maximum atomic E-state index is 13.7. The van der Waals surface area contributed by atoms with Gasteiger partial charge in [0.15, 0.2) is 5.82 Å². The van der Waals surface area contributed by atoms with Crippen molar-refractivity contribution in [1.82, 2.24) is 40.0 Å². The number of nitrogens with zero attached hydrogens (tertiary/aromatic N) is 5. The van der Waals surface area contributed by atoms with Gasteiger partial charge in [-0.2, -0.15) is 5.10 Å². The third kappa shape index (κ3) is 8.44. The van der Waals surface area contributed by atoms with E-state index in [9.17, 15) is 19.2 Å². The summed E-state index contributed by atoms with van der Waals surface area (Å²) < 4.78 is 5.55. The van der Waals surface area contributed by atoms with Gasteiger partial charge in [-0.3, -0.25) is 19.2 Å². The summed E-state index contributed by atoms with van der Waals surface area (Å²) in [7, 11) is 0. The number of fused-ring (bicyclic) bond motifs is 1. The van der Waals surface area contributed by atoms with Gasteiger partial charge in [-0.1, -0.05) is 44.2 Å². The second kappa shape index (κ2) is 14.7. The third-order valence-corrected chi connectivity index (χ3v) is 7.71. The number of benzene rings is 1. The van der Waals surface area contributed by atoms with Crippen LogP contribution in [0.1, 0.15) is 66.0 Å². The molecule has 0 saturated heterocycles. The number of carbonyl (C=O) groups is 4. The molecule has 0 unspecified atom stereocenters. The largest absolute Gasteiger partial charge is 0.354 e. The topological polar surface area (TPSA) is 151 Å². The van der Waals surface area contributed by atoms with Gasteiger partial charge in [0.2, 0.25) is 17.7 Å². The van der Waals surface area contributed by atoms with E-state index in [1.165, 1.54) is 4.68 Å². The van der Waals surface area contributed by atoms with E-state index < -0.39 is 12.1 Å². The van der Waals surface area contributed by atoms with Crippen LogP contribution in [0.3, 0.4) is 0 Å². The van der Waals surface area contributed by atoms with E-state index in [2.05, 4.69) is 30.4 Å². The summed E-state index contributed by atoms with van der Waals surface area (Å²) in [5, 5.41) is 13.3. The van der Waals surface area contributed by atoms with Crippen molar-refractivity contribution in [3.63, 3.8) is 0 Å². The van der Waals surface area contributed by atoms with Gasteiger partial charge in [0.1, 0.15) is 23.3 Å². The number of nitrogens with one attached hydrogen (secondary N) is 3. The smallest absolute Gasteiger partial charge is 0.265 e. The monoisotopic (exact) mass is 594 g/mol. The highest BCUT2D eigenvalue weighted by Crippen LogP contribution is 2.21. The van der Waals surface area contributed by atoms with Crippen molar-refractivity contribution in [2.24, 2.45) is 5.92 Å². The van der Waals surface area contributed by atoms with Gasteiger partial charge in [0.25, 0.3) is 5.91 Å². The predicted octanol–water partition coefficient (Wildman–Crippen LogP) is 2.03. The summed E-state index contributed by atoms with van der Waals surface area (Å²) in [6.07, 6.45) is 2.97. The fraction of sp³-hybridized carbons (Fsp3) is 0.483. The lowest BCUT2D eigenvalue weighted by atomic mass is 10.0. The molecule has 3 heterocycles. The minimum Gasteiger partial charge on any atom is -0.354 e. The van der Waals surface area contributed by atoms with Crippen LogP contribution in [0.5, 0.6) is 0 Å². The predicted molar refractivity (Wildman–Crippen MR) is 157 cm³/mol. The molecular formula is C29H38N8O4S. The Bertz CT molecular complexity index is 1360. The lowest BCUT2D eigenvalue weighted by Crippen LogP contribution is -2.50. The van der Waals surface area contributed by atoms with Gasteiger partial charge in [0, 0.05) is 38.7 Å². The average Bonchev–Trinajstić information content (AvgIpc) is 3.62. The first-order valence-electron chi connectivity index (χ1n) is 14.2. The molecule has 4 amide bonds. The molecule has 1 aliphatic heterocycles. The Morgan fingerprint density at radius 2 is 1.81 bits per heavy atom. The van der Waals surface area contributed by atoms with Crippen molar-refractivity contribution >= 4 is 35.2 Å². The zero-order valence-electron chi connectivity index (χ0n) is 24.2. The summed E-state index contributed by atoms with van der Waals surface area (Å²) in [6.45, 7) is 6.69. The van der Waals surface area contributed by atoms with Gasteiger partial charge >= 0.3 is 0 Å². The van der Waals surface area contributed by atoms with E-state index in [0.29, 0.717) is 55.4 Å². The normalized spacial score (nSPS) is 19.7. The van der Waals surface area contributed by atoms with Gasteiger partial charge in [-0.25, -0.2) is 14.0 Å². The van der Waals surface area contributed by atoms with Crippen molar-refractivity contribution in [3.8, 4) is 0 Å². The molecule has 13 heteroatoms. The van der Waals surface area contributed by atoms with Crippen LogP contribution in [0.2, 0.25) is 0 Å². The summed E-state index contributed by atoms with van der Waals surface area (Å²) in [5.74, 6) is -0.156. The molecule has 0 fully saturated rings. The van der Waals surface area contributed by atoms with Gasteiger partial charge in [-0.05, 0) is 48.8 Å². The molecule has 3 N–H and O–H groups in total. The van der Waals surface area contributed by atoms with Crippen molar-refractivity contribution in [3.05, 3.63) is 64.7 Å². The van der Waals surface area contributed by atoms with Crippen molar-refractivity contribution in [2.75, 3.05) is 19.6 Å². The first-order valence-corrected chi connectivity index (χ1v) is 15.0. The minimum absolute atomic E-state index is 0.0665. The maximum Gasteiger partial charge on any atom is 0.265 e. The molecule has 0 saturated carbocycles. The van der Waals surface area contributed by atoms with Crippen LogP contribution >= 0.6 is 11.5 Å². The Labute approximate surface area is 249 Å². The zero-order valence-corrected chi connectivity index (χ0v) is 25.0. The highest BCUT2D eigenvalue weighted by atomic mass is 32.1. The summed E-state index contributed by atoms with van der Waals surface area (Å²) in [5.41, 5.74) is 0.901. The molecule has 3 aromatic rings. The van der Waals surface area contributed by atoms with E-state index >= 15 is 0 Å². The van der Waals surface area contributed by atoms with E-state index in [1.54, 1.807) is 24.1 Å². The highest BCUT2D eigenvalue weighted by molar-refractivity contribution is 7.08. The highest BCUT2D eigenvalue weighted by Gasteiger charge is 2.30. The molecule has 1 aromatic carbocycles. The molecule has 12 nitrogen and oxygen atoms in total. The van der Waals surface area contributed by atoms with Crippen LogP contribution < -0.4 is 16.0 Å². The van der Waals surface area contributed by atoms with Gasteiger partial charge in [-0.15, -0.1) is 0 Å². The van der Waals surface area contributed by atoms with Crippen molar-refractivity contribution < 1.29 is 19.2 Å². The third-order valence-electron chi connectivity index (χ3n) is 6.97. The van der Waals surface area contributed by atoms with E-state index in [4.69, 9.17) is 0 Å². The van der Waals surface area contributed by atoms with Gasteiger partial charge in [0.05, 0.1) is 6.04 Å². The number of hydrogen-bond donors (Lipinski definition) is 3. The molecule has 42 heavy (non-hydrogen) atoms. The Hall–Kier alpha value is -4.13. The molecule has 2 aromatic heterocycles. The molecule has 0 spiro atoms. The van der Waals surface area contributed by atoms with Crippen LogP contribution in [0.25, 0.3) is 0 Å². The number of aryl methyl sites for hydroxylation is 1. The Kier molecular flexibility index (Phi) is 10.8. The van der Waals surface area contributed by atoms with Crippen LogP contribution in [0, 0.1) is 12.8 Å². The maximum absolute atomic E-state index is 13.7. The first-order chi connectivity index (χ1) is 20.2. The van der Waals surface area contributed by atoms with Crippen LogP contribution in [0.4, 0.5) is 0 Å². The Morgan fingerprint density at radius 3 is 2.52 bits per heavy atom. The fourth-order valence-corrected chi connectivity index (χ4v) is 5.41. The van der Waals surface area contributed by atoms with E-state index in [-0.39, 0.29) is 42.5 Å². The summed E-state index contributed by atoms with van der Waals surface area (Å²) in [6, 6.07) is 9.78. The fourth-order valence-electron chi connectivity index (χ4n) is 4.84. The van der Waals surface area contributed by atoms with Crippen molar-refractivity contribution in [1.29, 1.82) is 0 Å². The SMILES string of the molecule is Cc1nc2n(n1)CC(=O)NCCCN(C(=O)c1ccns1)CCCC(=O)N[C@H](Cc1ccccc1)C(=O)N[C@H]2C(C)C. The zero-order chi connectivity index (χ0) is 30.1. The number of hydrogen-bond acceptors (Lipinski definition) is 8. The number of carbonyl (C=O) groups excluding carboxylic acids is 4. The average molecular weight is 595 g/mol. The summed E-state index contributed by atoms with van der Waals surface area (Å²) >= 11 is 1.12. The molecule has 224 valence electrons. The Balaban J connectivity index is 1.60. The molecular weight excluding hydrogens is 556 g/mol. The molecule has 4 rings (SSSR count). The Morgan fingerprint density at radius 1 is 1.05 bits per heavy atom. The van der Waals surface area contributed by atoms with Crippen molar-refractivity contribution in [2.45, 2.75) is 65.1 Å². The lowest BCUT2D eigenvalue weighted by molar-refractivity contribution is -0.129. The van der Waals surface area contributed by atoms with Crippen LogP contribution in [-0.2, 0) is 27.3 Å². The molecule has 0 aliphatic carbocycles. The first kappa shape index (κ1) is 30.8. The number of amides is 4.